The van der Waals surface area contributed by atoms with Gasteiger partial charge in [0.25, 0.3) is 0 Å². The third-order valence-electron chi connectivity index (χ3n) is 6.37. The van der Waals surface area contributed by atoms with Gasteiger partial charge in [-0.2, -0.15) is 10.4 Å². The molecule has 3 unspecified atom stereocenters. The van der Waals surface area contributed by atoms with E-state index in [1.54, 1.807) is 19.5 Å². The molecule has 3 atom stereocenters. The van der Waals surface area contributed by atoms with Crippen molar-refractivity contribution in [1.29, 1.82) is 5.26 Å². The van der Waals surface area contributed by atoms with E-state index < -0.39 is 6.09 Å². The zero-order valence-corrected chi connectivity index (χ0v) is 21.3. The number of ether oxygens (including phenoxy) is 2. The Balaban J connectivity index is 1.36. The minimum absolute atomic E-state index is 0.0130. The molecule has 3 aromatic rings. The molecule has 0 spiro atoms. The number of carbonyl (C=O) groups is 2. The Bertz CT molecular complexity index is 1260. The highest BCUT2D eigenvalue weighted by molar-refractivity contribution is 7.16. The van der Waals surface area contributed by atoms with Crippen LogP contribution >= 0.6 is 11.3 Å². The summed E-state index contributed by atoms with van der Waals surface area (Å²) >= 11 is 1.39. The Morgan fingerprint density at radius 2 is 2.17 bits per heavy atom. The molecule has 2 amide bonds. The molecule has 9 nitrogen and oxygen atoms in total. The van der Waals surface area contributed by atoms with Gasteiger partial charge in [-0.25, -0.2) is 4.79 Å². The Morgan fingerprint density at radius 3 is 2.89 bits per heavy atom. The number of fused-ring (bicyclic) bond motifs is 1. The maximum Gasteiger partial charge on any atom is 0.407 e. The van der Waals surface area contributed by atoms with Crippen LogP contribution in [0.25, 0.3) is 0 Å². The standard InChI is InChI=1S/C26H29N5O4S/c1-15(17-5-4-6-19(10-17)34-3)9-24(32)31-25-22(12-27)21-8-7-20(11-23(21)36-25)35-26(33)30-16(2)18-13-28-29-14-18/h4-6,10,13-16,20H,7-9,11H2,1-3H3,(H,28,29)(H,30,33)(H,31,32). The number of anilines is 1. The monoisotopic (exact) mass is 507 g/mol. The second-order valence-corrected chi connectivity index (χ2v) is 10.0. The van der Waals surface area contributed by atoms with E-state index in [9.17, 15) is 14.9 Å². The van der Waals surface area contributed by atoms with Gasteiger partial charge in [0.1, 0.15) is 22.9 Å². The number of alkyl carbamates (subject to hydrolysis) is 1. The number of aromatic nitrogens is 2. The van der Waals surface area contributed by atoms with Gasteiger partial charge in [0, 0.05) is 29.5 Å². The number of benzene rings is 1. The predicted octanol–water partition coefficient (Wildman–Crippen LogP) is 4.83. The first-order valence-corrected chi connectivity index (χ1v) is 12.6. The van der Waals surface area contributed by atoms with Gasteiger partial charge in [0.05, 0.1) is 24.9 Å². The summed E-state index contributed by atoms with van der Waals surface area (Å²) in [5, 5.41) is 22.7. The summed E-state index contributed by atoms with van der Waals surface area (Å²) in [6, 6.07) is 9.69. The number of H-pyrrole nitrogens is 1. The van der Waals surface area contributed by atoms with E-state index in [4.69, 9.17) is 9.47 Å². The molecule has 0 saturated heterocycles. The van der Waals surface area contributed by atoms with Gasteiger partial charge >= 0.3 is 6.09 Å². The van der Waals surface area contributed by atoms with Gasteiger partial charge in [-0.05, 0) is 48.9 Å². The summed E-state index contributed by atoms with van der Waals surface area (Å²) in [5.74, 6) is 0.584. The number of methoxy groups -OCH3 is 1. The lowest BCUT2D eigenvalue weighted by atomic mass is 9.93. The van der Waals surface area contributed by atoms with Crippen LogP contribution in [0.1, 0.15) is 65.8 Å². The average molecular weight is 508 g/mol. The number of thiophene rings is 1. The van der Waals surface area contributed by atoms with Crippen molar-refractivity contribution < 1.29 is 19.1 Å². The smallest absolute Gasteiger partial charge is 0.407 e. The maximum absolute atomic E-state index is 12.8. The maximum atomic E-state index is 12.8. The Hall–Kier alpha value is -3.84. The number of nitrogens with zero attached hydrogens (tertiary/aromatic N) is 2. The highest BCUT2D eigenvalue weighted by Crippen LogP contribution is 2.38. The van der Waals surface area contributed by atoms with Crippen molar-refractivity contribution in [3.63, 3.8) is 0 Å². The summed E-state index contributed by atoms with van der Waals surface area (Å²) in [7, 11) is 1.61. The van der Waals surface area contributed by atoms with Crippen molar-refractivity contribution >= 4 is 28.3 Å². The molecular weight excluding hydrogens is 478 g/mol. The number of rotatable bonds is 8. The van der Waals surface area contributed by atoms with E-state index >= 15 is 0 Å². The first kappa shape index (κ1) is 25.3. The molecule has 36 heavy (non-hydrogen) atoms. The lowest BCUT2D eigenvalue weighted by molar-refractivity contribution is -0.116. The minimum Gasteiger partial charge on any atom is -0.497 e. The number of aromatic amines is 1. The van der Waals surface area contributed by atoms with Crippen LogP contribution in [0.3, 0.4) is 0 Å². The minimum atomic E-state index is -0.491. The van der Waals surface area contributed by atoms with Gasteiger partial charge in [-0.3, -0.25) is 9.89 Å². The number of nitrogens with one attached hydrogen (secondary N) is 3. The molecule has 0 aliphatic heterocycles. The van der Waals surface area contributed by atoms with E-state index in [-0.39, 0.29) is 30.4 Å². The lowest BCUT2D eigenvalue weighted by Crippen LogP contribution is -2.33. The molecule has 1 aromatic carbocycles. The van der Waals surface area contributed by atoms with Crippen LogP contribution in [0.15, 0.2) is 36.7 Å². The van der Waals surface area contributed by atoms with Crippen LogP contribution in [-0.2, 0) is 22.4 Å². The van der Waals surface area contributed by atoms with E-state index in [0.29, 0.717) is 29.8 Å². The van der Waals surface area contributed by atoms with Crippen LogP contribution in [0.5, 0.6) is 5.75 Å². The largest absolute Gasteiger partial charge is 0.497 e. The molecule has 1 aliphatic carbocycles. The van der Waals surface area contributed by atoms with Crippen LogP contribution < -0.4 is 15.4 Å². The number of carbonyl (C=O) groups excluding carboxylic acids is 2. The van der Waals surface area contributed by atoms with Gasteiger partial charge in [0.15, 0.2) is 0 Å². The Kier molecular flexibility index (Phi) is 7.90. The molecule has 10 heteroatoms. The fourth-order valence-corrected chi connectivity index (χ4v) is 5.61. The van der Waals surface area contributed by atoms with Gasteiger partial charge in [0.2, 0.25) is 5.91 Å². The third kappa shape index (κ3) is 5.86. The Morgan fingerprint density at radius 1 is 1.33 bits per heavy atom. The molecular formula is C26H29N5O4S. The average Bonchev–Trinajstić information content (AvgIpc) is 3.51. The fourth-order valence-electron chi connectivity index (χ4n) is 4.33. The summed E-state index contributed by atoms with van der Waals surface area (Å²) in [6.45, 7) is 3.84. The number of hydrogen-bond acceptors (Lipinski definition) is 7. The fraction of sp³-hybridized carbons (Fsp3) is 0.385. The molecule has 0 fully saturated rings. The van der Waals surface area contributed by atoms with E-state index in [2.05, 4.69) is 26.9 Å². The second-order valence-electron chi connectivity index (χ2n) is 8.92. The zero-order valence-electron chi connectivity index (χ0n) is 20.5. The summed E-state index contributed by atoms with van der Waals surface area (Å²) < 4.78 is 10.9. The normalized spacial score (nSPS) is 16.2. The number of nitriles is 1. The summed E-state index contributed by atoms with van der Waals surface area (Å²) in [5.41, 5.74) is 3.31. The van der Waals surface area contributed by atoms with Gasteiger partial charge in [-0.15, -0.1) is 11.3 Å². The van der Waals surface area contributed by atoms with Crippen LogP contribution in [0.2, 0.25) is 0 Å². The van der Waals surface area contributed by atoms with Crippen LogP contribution in [0, 0.1) is 11.3 Å². The molecule has 3 N–H and O–H groups in total. The quantitative estimate of drug-likeness (QED) is 0.401. The molecule has 0 bridgehead atoms. The molecule has 188 valence electrons. The van der Waals surface area contributed by atoms with Crippen molar-refractivity contribution in [2.75, 3.05) is 12.4 Å². The number of amides is 2. The predicted molar refractivity (Wildman–Crippen MR) is 136 cm³/mol. The van der Waals surface area contributed by atoms with Gasteiger partial charge in [-0.1, -0.05) is 19.1 Å². The Labute approximate surface area is 213 Å². The highest BCUT2D eigenvalue weighted by Gasteiger charge is 2.29. The van der Waals surface area contributed by atoms with Crippen molar-refractivity contribution in [3.8, 4) is 11.8 Å². The van der Waals surface area contributed by atoms with E-state index in [0.717, 1.165) is 27.3 Å². The SMILES string of the molecule is COc1cccc(C(C)CC(=O)Nc2sc3c(c2C#N)CCC(OC(=O)NC(C)c2cn[nH]c2)C3)c1. The van der Waals surface area contributed by atoms with E-state index in [1.165, 1.54) is 11.3 Å². The van der Waals surface area contributed by atoms with Crippen molar-refractivity contribution in [2.45, 2.75) is 57.6 Å². The molecule has 4 rings (SSSR count). The zero-order chi connectivity index (χ0) is 25.7. The highest BCUT2D eigenvalue weighted by atomic mass is 32.1. The summed E-state index contributed by atoms with van der Waals surface area (Å²) in [4.78, 5) is 26.2. The molecule has 2 aromatic heterocycles. The van der Waals surface area contributed by atoms with Crippen LogP contribution in [-0.4, -0.2) is 35.4 Å². The molecule has 0 radical (unpaired) electrons. The first-order chi connectivity index (χ1) is 17.4. The van der Waals surface area contributed by atoms with Crippen molar-refractivity contribution in [2.24, 2.45) is 0 Å². The topological polar surface area (TPSA) is 129 Å². The van der Waals surface area contributed by atoms with Crippen molar-refractivity contribution in [1.82, 2.24) is 15.5 Å². The molecule has 0 saturated carbocycles. The first-order valence-electron chi connectivity index (χ1n) is 11.8. The van der Waals surface area contributed by atoms with E-state index in [1.807, 2.05) is 38.1 Å². The third-order valence-corrected chi connectivity index (χ3v) is 7.54. The number of hydrogen-bond donors (Lipinski definition) is 3. The van der Waals surface area contributed by atoms with Crippen molar-refractivity contribution in [3.05, 3.63) is 63.8 Å². The lowest BCUT2D eigenvalue weighted by Gasteiger charge is -2.23. The molecule has 1 aliphatic rings. The second kappa shape index (κ2) is 11.3. The van der Waals surface area contributed by atoms with Gasteiger partial charge < -0.3 is 20.1 Å². The van der Waals surface area contributed by atoms with Crippen LogP contribution in [0.4, 0.5) is 9.80 Å². The molecule has 2 heterocycles. The summed E-state index contributed by atoms with van der Waals surface area (Å²) in [6.07, 6.45) is 4.61.